The summed E-state index contributed by atoms with van der Waals surface area (Å²) < 4.78 is 17.8. The fourth-order valence-electron chi connectivity index (χ4n) is 1.48. The number of rotatable bonds is 1. The topological polar surface area (TPSA) is 12.5 Å². The van der Waals surface area contributed by atoms with Crippen LogP contribution in [0.4, 0.5) is 4.39 Å². The van der Waals surface area contributed by atoms with Gasteiger partial charge in [0.1, 0.15) is 0 Å². The molecule has 1 aliphatic heterocycles. The first kappa shape index (κ1) is 8.94. The second kappa shape index (κ2) is 3.50. The summed E-state index contributed by atoms with van der Waals surface area (Å²) in [5.41, 5.74) is 0. The van der Waals surface area contributed by atoms with Crippen LogP contribution < -0.4 is 0 Å². The highest BCUT2D eigenvalue weighted by Gasteiger charge is 2.27. The van der Waals surface area contributed by atoms with E-state index in [4.69, 9.17) is 4.74 Å². The van der Waals surface area contributed by atoms with Gasteiger partial charge in [-0.15, -0.1) is 0 Å². The van der Waals surface area contributed by atoms with Crippen molar-refractivity contribution in [1.29, 1.82) is 0 Å². The highest BCUT2D eigenvalue weighted by molar-refractivity contribution is 4.75. The van der Waals surface area contributed by atoms with Crippen LogP contribution in [0.2, 0.25) is 0 Å². The van der Waals surface area contributed by atoms with Gasteiger partial charge in [-0.05, 0) is 27.4 Å². The summed E-state index contributed by atoms with van der Waals surface area (Å²) in [6, 6.07) is 0.341. The molecule has 0 saturated carbocycles. The van der Waals surface area contributed by atoms with Crippen molar-refractivity contribution in [3.05, 3.63) is 0 Å². The standard InChI is InChI=1S/C8H16FNO/c1-6-4-7(10(2)3)5-8(9)11-6/h6-8H,4-5H2,1-3H3. The molecule has 0 aliphatic carbocycles. The molecule has 0 N–H and O–H groups in total. The third kappa shape index (κ3) is 2.42. The summed E-state index contributed by atoms with van der Waals surface area (Å²) in [5.74, 6) is 0. The molecular weight excluding hydrogens is 145 g/mol. The van der Waals surface area contributed by atoms with E-state index in [9.17, 15) is 4.39 Å². The maximum absolute atomic E-state index is 12.8. The Kier molecular flexibility index (Phi) is 2.84. The first-order chi connectivity index (χ1) is 5.09. The Hall–Kier alpha value is -0.150. The van der Waals surface area contributed by atoms with Crippen molar-refractivity contribution in [3.8, 4) is 0 Å². The van der Waals surface area contributed by atoms with E-state index in [0.29, 0.717) is 12.5 Å². The van der Waals surface area contributed by atoms with Crippen LogP contribution in [-0.2, 0) is 4.74 Å². The van der Waals surface area contributed by atoms with Crippen LogP contribution in [0.15, 0.2) is 0 Å². The van der Waals surface area contributed by atoms with Crippen molar-refractivity contribution < 1.29 is 9.13 Å². The summed E-state index contributed by atoms with van der Waals surface area (Å²) in [4.78, 5) is 2.06. The van der Waals surface area contributed by atoms with Gasteiger partial charge in [-0.2, -0.15) is 0 Å². The van der Waals surface area contributed by atoms with Gasteiger partial charge >= 0.3 is 0 Å². The van der Waals surface area contributed by atoms with Crippen LogP contribution in [0.1, 0.15) is 19.8 Å². The first-order valence-corrected chi connectivity index (χ1v) is 4.05. The van der Waals surface area contributed by atoms with Gasteiger partial charge < -0.3 is 9.64 Å². The number of halogens is 1. The van der Waals surface area contributed by atoms with E-state index >= 15 is 0 Å². The minimum absolute atomic E-state index is 0.0612. The smallest absolute Gasteiger partial charge is 0.200 e. The van der Waals surface area contributed by atoms with Crippen LogP contribution in [-0.4, -0.2) is 37.5 Å². The molecule has 1 rings (SSSR count). The fourth-order valence-corrected chi connectivity index (χ4v) is 1.48. The SMILES string of the molecule is CC1CC(N(C)C)CC(F)O1. The molecule has 0 aromatic carbocycles. The van der Waals surface area contributed by atoms with Gasteiger partial charge in [0.25, 0.3) is 0 Å². The van der Waals surface area contributed by atoms with Crippen LogP contribution >= 0.6 is 0 Å². The second-order valence-corrected chi connectivity index (χ2v) is 3.45. The Balaban J connectivity index is 2.43. The molecular formula is C8H16FNO. The largest absolute Gasteiger partial charge is 0.345 e. The lowest BCUT2D eigenvalue weighted by Gasteiger charge is -2.33. The number of alkyl halides is 1. The van der Waals surface area contributed by atoms with E-state index in [1.807, 2.05) is 21.0 Å². The molecule has 3 unspecified atom stereocenters. The molecule has 11 heavy (non-hydrogen) atoms. The third-order valence-electron chi connectivity index (χ3n) is 2.17. The number of hydrogen-bond donors (Lipinski definition) is 0. The molecule has 1 heterocycles. The molecule has 1 aliphatic rings. The minimum atomic E-state index is -1.06. The van der Waals surface area contributed by atoms with Crippen molar-refractivity contribution in [1.82, 2.24) is 4.90 Å². The van der Waals surface area contributed by atoms with Crippen molar-refractivity contribution in [3.63, 3.8) is 0 Å². The Morgan fingerprint density at radius 3 is 2.45 bits per heavy atom. The molecule has 2 nitrogen and oxygen atoms in total. The molecule has 3 heteroatoms. The zero-order chi connectivity index (χ0) is 8.43. The quantitative estimate of drug-likeness (QED) is 0.576. The van der Waals surface area contributed by atoms with Crippen LogP contribution in [0.25, 0.3) is 0 Å². The molecule has 1 fully saturated rings. The molecule has 0 bridgehead atoms. The first-order valence-electron chi connectivity index (χ1n) is 4.05. The van der Waals surface area contributed by atoms with Crippen molar-refractivity contribution in [2.45, 2.75) is 38.3 Å². The van der Waals surface area contributed by atoms with Gasteiger partial charge in [-0.25, -0.2) is 4.39 Å². The van der Waals surface area contributed by atoms with E-state index in [2.05, 4.69) is 4.90 Å². The lowest BCUT2D eigenvalue weighted by atomic mass is 10.0. The number of hydrogen-bond acceptors (Lipinski definition) is 2. The Morgan fingerprint density at radius 2 is 2.00 bits per heavy atom. The average molecular weight is 161 g/mol. The lowest BCUT2D eigenvalue weighted by molar-refractivity contribution is -0.129. The van der Waals surface area contributed by atoms with Crippen LogP contribution in [0, 0.1) is 0 Å². The molecule has 1 saturated heterocycles. The molecule has 0 spiro atoms. The summed E-state index contributed by atoms with van der Waals surface area (Å²) >= 11 is 0. The van der Waals surface area contributed by atoms with Crippen molar-refractivity contribution in [2.24, 2.45) is 0 Å². The summed E-state index contributed by atoms with van der Waals surface area (Å²) in [6.45, 7) is 1.92. The zero-order valence-electron chi connectivity index (χ0n) is 7.38. The maximum atomic E-state index is 12.8. The molecule has 0 amide bonds. The maximum Gasteiger partial charge on any atom is 0.200 e. The van der Waals surface area contributed by atoms with E-state index in [1.165, 1.54) is 0 Å². The van der Waals surface area contributed by atoms with Crippen LogP contribution in [0.5, 0.6) is 0 Å². The van der Waals surface area contributed by atoms with E-state index in [0.717, 1.165) is 6.42 Å². The normalized spacial score (nSPS) is 39.5. The van der Waals surface area contributed by atoms with Gasteiger partial charge in [0.05, 0.1) is 6.10 Å². The molecule has 66 valence electrons. The van der Waals surface area contributed by atoms with Crippen LogP contribution in [0.3, 0.4) is 0 Å². The summed E-state index contributed by atoms with van der Waals surface area (Å²) in [7, 11) is 3.96. The minimum Gasteiger partial charge on any atom is -0.345 e. The summed E-state index contributed by atoms with van der Waals surface area (Å²) in [6.07, 6.45) is 0.447. The van der Waals surface area contributed by atoms with Gasteiger partial charge in [0.2, 0.25) is 6.36 Å². The highest BCUT2D eigenvalue weighted by atomic mass is 19.1. The summed E-state index contributed by atoms with van der Waals surface area (Å²) in [5, 5.41) is 0. The zero-order valence-corrected chi connectivity index (χ0v) is 7.38. The number of ether oxygens (including phenoxy) is 1. The predicted octanol–water partition coefficient (Wildman–Crippen LogP) is 1.41. The van der Waals surface area contributed by atoms with Crippen molar-refractivity contribution >= 4 is 0 Å². The fraction of sp³-hybridized carbons (Fsp3) is 1.00. The average Bonchev–Trinajstić information content (AvgIpc) is 1.85. The number of nitrogens with zero attached hydrogens (tertiary/aromatic N) is 1. The van der Waals surface area contributed by atoms with E-state index < -0.39 is 6.36 Å². The molecule has 0 aromatic heterocycles. The Bertz CT molecular complexity index is 119. The van der Waals surface area contributed by atoms with Gasteiger partial charge in [-0.1, -0.05) is 0 Å². The van der Waals surface area contributed by atoms with Gasteiger partial charge in [-0.3, -0.25) is 0 Å². The molecule has 0 aromatic rings. The predicted molar refractivity (Wildman–Crippen MR) is 42.2 cm³/mol. The van der Waals surface area contributed by atoms with Crippen molar-refractivity contribution in [2.75, 3.05) is 14.1 Å². The lowest BCUT2D eigenvalue weighted by Crippen LogP contribution is -2.40. The Labute approximate surface area is 67.3 Å². The molecule has 0 radical (unpaired) electrons. The van der Waals surface area contributed by atoms with E-state index in [-0.39, 0.29) is 6.10 Å². The highest BCUT2D eigenvalue weighted by Crippen LogP contribution is 2.22. The van der Waals surface area contributed by atoms with Gasteiger partial charge in [0, 0.05) is 12.5 Å². The third-order valence-corrected chi connectivity index (χ3v) is 2.17. The molecule has 3 atom stereocenters. The second-order valence-electron chi connectivity index (χ2n) is 3.45. The Morgan fingerprint density at radius 1 is 1.36 bits per heavy atom. The van der Waals surface area contributed by atoms with Gasteiger partial charge in [0.15, 0.2) is 0 Å². The van der Waals surface area contributed by atoms with E-state index in [1.54, 1.807) is 0 Å². The monoisotopic (exact) mass is 161 g/mol.